The number of anilines is 1. The highest BCUT2D eigenvalue weighted by molar-refractivity contribution is 5.97. The lowest BCUT2D eigenvalue weighted by molar-refractivity contribution is 0.0548. The van der Waals surface area contributed by atoms with Crippen LogP contribution in [0, 0.1) is 11.2 Å². The molecule has 2 fully saturated rings. The van der Waals surface area contributed by atoms with E-state index < -0.39 is 5.82 Å². The third kappa shape index (κ3) is 2.55. The zero-order valence-electron chi connectivity index (χ0n) is 14.9. The van der Waals surface area contributed by atoms with E-state index in [0.29, 0.717) is 16.7 Å². The Hall–Kier alpha value is -2.74. The van der Waals surface area contributed by atoms with Crippen LogP contribution >= 0.6 is 0 Å². The van der Waals surface area contributed by atoms with Crippen molar-refractivity contribution < 1.29 is 9.18 Å². The van der Waals surface area contributed by atoms with Gasteiger partial charge in [-0.2, -0.15) is 0 Å². The van der Waals surface area contributed by atoms with Crippen molar-refractivity contribution in [3.63, 3.8) is 0 Å². The van der Waals surface area contributed by atoms with Gasteiger partial charge in [0.25, 0.3) is 5.91 Å². The van der Waals surface area contributed by atoms with Crippen LogP contribution in [0.25, 0.3) is 16.6 Å². The van der Waals surface area contributed by atoms with Gasteiger partial charge in [-0.1, -0.05) is 6.07 Å². The van der Waals surface area contributed by atoms with E-state index >= 15 is 0 Å². The molecule has 1 spiro atoms. The molecule has 3 aromatic rings. The Kier molecular flexibility index (Phi) is 3.58. The molecular weight excluding hydrogens is 347 g/mol. The summed E-state index contributed by atoms with van der Waals surface area (Å²) in [4.78, 5) is 23.7. The molecule has 3 N–H and O–H groups in total. The molecule has 27 heavy (non-hydrogen) atoms. The molecule has 1 aromatic carbocycles. The fraction of sp³-hybridized carbons (Fsp3) is 0.421. The van der Waals surface area contributed by atoms with Gasteiger partial charge in [0, 0.05) is 36.6 Å². The predicted octanol–water partition coefficient (Wildman–Crippen LogP) is 1.82. The molecule has 2 saturated heterocycles. The summed E-state index contributed by atoms with van der Waals surface area (Å²) in [5.41, 5.74) is 7.12. The van der Waals surface area contributed by atoms with E-state index in [4.69, 9.17) is 5.73 Å². The van der Waals surface area contributed by atoms with Crippen LogP contribution in [-0.4, -0.2) is 51.4 Å². The van der Waals surface area contributed by atoms with E-state index in [9.17, 15) is 9.18 Å². The van der Waals surface area contributed by atoms with Crippen LogP contribution in [0.4, 0.5) is 10.3 Å². The molecule has 1 unspecified atom stereocenters. The van der Waals surface area contributed by atoms with E-state index in [1.165, 1.54) is 6.07 Å². The lowest BCUT2D eigenvalue weighted by Gasteiger charge is -2.39. The summed E-state index contributed by atoms with van der Waals surface area (Å²) in [6.45, 7) is 3.45. The fourth-order valence-corrected chi connectivity index (χ4v) is 4.51. The van der Waals surface area contributed by atoms with E-state index in [0.717, 1.165) is 45.4 Å². The van der Waals surface area contributed by atoms with Gasteiger partial charge < -0.3 is 16.0 Å². The number of aromatic nitrogens is 3. The van der Waals surface area contributed by atoms with Gasteiger partial charge >= 0.3 is 0 Å². The summed E-state index contributed by atoms with van der Waals surface area (Å²) < 4.78 is 15.6. The maximum absolute atomic E-state index is 14.1. The van der Waals surface area contributed by atoms with E-state index in [1.807, 2.05) is 4.90 Å². The fourth-order valence-electron chi connectivity index (χ4n) is 4.51. The maximum Gasteiger partial charge on any atom is 0.274 e. The van der Waals surface area contributed by atoms with Crippen molar-refractivity contribution in [1.29, 1.82) is 0 Å². The molecule has 1 atom stereocenters. The number of amides is 1. The Morgan fingerprint density at radius 2 is 2.19 bits per heavy atom. The number of carbonyl (C=O) groups excluding carboxylic acids is 1. The van der Waals surface area contributed by atoms with Crippen LogP contribution in [0.1, 0.15) is 29.8 Å². The number of carbonyl (C=O) groups is 1. The van der Waals surface area contributed by atoms with Crippen molar-refractivity contribution in [3.05, 3.63) is 35.9 Å². The van der Waals surface area contributed by atoms with Gasteiger partial charge in [-0.05, 0) is 37.9 Å². The summed E-state index contributed by atoms with van der Waals surface area (Å²) in [5.74, 6) is -0.442. The van der Waals surface area contributed by atoms with Gasteiger partial charge in [0.05, 0.1) is 0 Å². The van der Waals surface area contributed by atoms with Crippen LogP contribution in [-0.2, 0) is 0 Å². The van der Waals surface area contributed by atoms with Gasteiger partial charge in [-0.15, -0.1) is 0 Å². The smallest absolute Gasteiger partial charge is 0.274 e. The highest BCUT2D eigenvalue weighted by Gasteiger charge is 2.39. The molecule has 7 nitrogen and oxygen atoms in total. The van der Waals surface area contributed by atoms with Crippen LogP contribution in [0.3, 0.4) is 0 Å². The summed E-state index contributed by atoms with van der Waals surface area (Å²) in [5, 5.41) is 3.96. The zero-order valence-corrected chi connectivity index (χ0v) is 14.9. The average molecular weight is 368 g/mol. The van der Waals surface area contributed by atoms with Gasteiger partial charge in [-0.25, -0.2) is 14.4 Å². The van der Waals surface area contributed by atoms with Crippen molar-refractivity contribution in [2.45, 2.75) is 19.3 Å². The minimum absolute atomic E-state index is 0.103. The molecule has 4 heterocycles. The Morgan fingerprint density at radius 3 is 3.00 bits per heavy atom. The first-order valence-electron chi connectivity index (χ1n) is 9.29. The molecule has 0 radical (unpaired) electrons. The molecule has 8 heteroatoms. The van der Waals surface area contributed by atoms with Crippen molar-refractivity contribution in [1.82, 2.24) is 24.6 Å². The molecular formula is C19H21FN6O. The molecule has 2 aromatic heterocycles. The van der Waals surface area contributed by atoms with E-state index in [2.05, 4.69) is 15.3 Å². The topological polar surface area (TPSA) is 88.5 Å². The van der Waals surface area contributed by atoms with Crippen molar-refractivity contribution >= 4 is 28.4 Å². The zero-order chi connectivity index (χ0) is 18.6. The minimum atomic E-state index is -0.454. The third-order valence-electron chi connectivity index (χ3n) is 5.91. The lowest BCUT2D eigenvalue weighted by Crippen LogP contribution is -2.47. The van der Waals surface area contributed by atoms with Crippen molar-refractivity contribution in [3.8, 4) is 0 Å². The van der Waals surface area contributed by atoms with Crippen LogP contribution < -0.4 is 11.1 Å². The first-order chi connectivity index (χ1) is 13.1. The number of hydrogen-bond donors (Lipinski definition) is 2. The number of hydrogen-bond acceptors (Lipinski definition) is 5. The molecule has 2 aliphatic rings. The predicted molar refractivity (Wildman–Crippen MR) is 99.9 cm³/mol. The number of piperidine rings is 1. The molecule has 140 valence electrons. The molecule has 0 aliphatic carbocycles. The average Bonchev–Trinajstić information content (AvgIpc) is 3.30. The molecule has 0 saturated carbocycles. The number of para-hydroxylation sites is 1. The SMILES string of the molecule is Nc1nc2c(F)cccc2c2nc(C(=O)N3CCCC4(CCNC4)C3)cn12. The normalized spacial score (nSPS) is 22.9. The maximum atomic E-state index is 14.1. The van der Waals surface area contributed by atoms with Gasteiger partial charge in [0.15, 0.2) is 0 Å². The number of nitrogens with two attached hydrogens (primary N) is 1. The molecule has 0 bridgehead atoms. The molecule has 2 aliphatic heterocycles. The second kappa shape index (κ2) is 5.88. The summed E-state index contributed by atoms with van der Waals surface area (Å²) in [6, 6.07) is 4.68. The second-order valence-corrected chi connectivity index (χ2v) is 7.68. The van der Waals surface area contributed by atoms with Gasteiger partial charge in [0.2, 0.25) is 5.95 Å². The third-order valence-corrected chi connectivity index (χ3v) is 5.91. The first-order valence-corrected chi connectivity index (χ1v) is 9.29. The monoisotopic (exact) mass is 368 g/mol. The number of nitrogens with one attached hydrogen (secondary N) is 1. The highest BCUT2D eigenvalue weighted by atomic mass is 19.1. The number of fused-ring (bicyclic) bond motifs is 3. The van der Waals surface area contributed by atoms with E-state index in [1.54, 1.807) is 22.7 Å². The van der Waals surface area contributed by atoms with Crippen LogP contribution in [0.5, 0.6) is 0 Å². The number of nitrogen functional groups attached to an aromatic ring is 1. The Bertz CT molecular complexity index is 1060. The van der Waals surface area contributed by atoms with Crippen LogP contribution in [0.15, 0.2) is 24.4 Å². The number of imidazole rings is 1. The summed E-state index contributed by atoms with van der Waals surface area (Å²) in [7, 11) is 0. The number of halogens is 1. The van der Waals surface area contributed by atoms with Crippen molar-refractivity contribution in [2.24, 2.45) is 5.41 Å². The summed E-state index contributed by atoms with van der Waals surface area (Å²) in [6.07, 6.45) is 4.86. The molecule has 1 amide bonds. The van der Waals surface area contributed by atoms with Gasteiger partial charge in [0.1, 0.15) is 22.7 Å². The Morgan fingerprint density at radius 1 is 1.30 bits per heavy atom. The summed E-state index contributed by atoms with van der Waals surface area (Å²) >= 11 is 0. The van der Waals surface area contributed by atoms with Gasteiger partial charge in [-0.3, -0.25) is 9.20 Å². The number of benzene rings is 1. The minimum Gasteiger partial charge on any atom is -0.369 e. The number of likely N-dealkylation sites (tertiary alicyclic amines) is 1. The Labute approximate surface area is 155 Å². The highest BCUT2D eigenvalue weighted by Crippen LogP contribution is 2.36. The lowest BCUT2D eigenvalue weighted by atomic mass is 9.79. The van der Waals surface area contributed by atoms with E-state index in [-0.39, 0.29) is 22.8 Å². The largest absolute Gasteiger partial charge is 0.369 e. The first kappa shape index (κ1) is 16.4. The number of nitrogens with zero attached hydrogens (tertiary/aromatic N) is 4. The quantitative estimate of drug-likeness (QED) is 0.684. The second-order valence-electron chi connectivity index (χ2n) is 7.68. The molecule has 5 rings (SSSR count). The standard InChI is InChI=1S/C19H21FN6O/c20-13-4-1-3-12-15(13)24-18(21)26-9-14(23-16(12)26)17(27)25-8-2-5-19(11-25)6-7-22-10-19/h1,3-4,9,22H,2,5-8,10-11H2,(H2,21,24). The van der Waals surface area contributed by atoms with Crippen LogP contribution in [0.2, 0.25) is 0 Å². The Balaban J connectivity index is 1.55. The number of rotatable bonds is 1. The van der Waals surface area contributed by atoms with Crippen molar-refractivity contribution in [2.75, 3.05) is 31.9 Å².